The number of rotatable bonds is 7. The van der Waals surface area contributed by atoms with Crippen LogP contribution in [-0.4, -0.2) is 36.1 Å². The second-order valence-electron chi connectivity index (χ2n) is 12.4. The van der Waals surface area contributed by atoms with Gasteiger partial charge in [-0.1, -0.05) is 86.4 Å². The van der Waals surface area contributed by atoms with E-state index in [2.05, 4.69) is 57.0 Å². The monoisotopic (exact) mass is 581 g/mol. The summed E-state index contributed by atoms with van der Waals surface area (Å²) in [6, 6.07) is 20.4. The summed E-state index contributed by atoms with van der Waals surface area (Å²) in [5.74, 6) is 0. The van der Waals surface area contributed by atoms with Crippen molar-refractivity contribution in [2.75, 3.05) is 0 Å². The van der Waals surface area contributed by atoms with E-state index in [9.17, 15) is 5.11 Å². The second-order valence-corrected chi connectivity index (χ2v) is 15.3. The smallest absolute Gasteiger partial charge is 0.205 e. The first kappa shape index (κ1) is 28.8. The quantitative estimate of drug-likeness (QED) is 0.285. The Labute approximate surface area is 245 Å². The van der Waals surface area contributed by atoms with Gasteiger partial charge in [-0.25, -0.2) is 0 Å². The number of benzene rings is 2. The van der Waals surface area contributed by atoms with Crippen molar-refractivity contribution >= 4 is 32.2 Å². The van der Waals surface area contributed by atoms with Gasteiger partial charge in [0.1, 0.15) is 5.60 Å². The van der Waals surface area contributed by atoms with E-state index in [-0.39, 0.29) is 29.6 Å². The highest BCUT2D eigenvalue weighted by atomic mass is 35.5. The fourth-order valence-electron chi connectivity index (χ4n) is 6.72. The van der Waals surface area contributed by atoms with Crippen LogP contribution in [0.4, 0.5) is 0 Å². The lowest BCUT2D eigenvalue weighted by molar-refractivity contribution is -0.0707. The Bertz CT molecular complexity index is 1250. The molecule has 7 heteroatoms. The molecular formula is C32H39Cl2N2O2Si. The van der Waals surface area contributed by atoms with E-state index in [1.807, 2.05) is 48.7 Å². The van der Waals surface area contributed by atoms with Gasteiger partial charge in [-0.3, -0.25) is 9.88 Å². The van der Waals surface area contributed by atoms with Gasteiger partial charge in [-0.2, -0.15) is 0 Å². The van der Waals surface area contributed by atoms with Crippen LogP contribution in [0, 0.1) is 5.41 Å². The summed E-state index contributed by atoms with van der Waals surface area (Å²) in [6.45, 7) is 10.9. The van der Waals surface area contributed by atoms with E-state index in [4.69, 9.17) is 32.6 Å². The minimum atomic E-state index is -1.04. The summed E-state index contributed by atoms with van der Waals surface area (Å²) < 4.78 is 6.56. The maximum atomic E-state index is 12.4. The number of nitrogens with zero attached hydrogens (tertiary/aromatic N) is 2. The molecule has 2 bridgehead atoms. The number of aromatic nitrogens is 1. The molecule has 0 spiro atoms. The largest absolute Gasteiger partial charge is 0.410 e. The van der Waals surface area contributed by atoms with Crippen LogP contribution in [-0.2, 0) is 10.0 Å². The highest BCUT2D eigenvalue weighted by Gasteiger charge is 2.53. The van der Waals surface area contributed by atoms with Crippen LogP contribution >= 0.6 is 23.2 Å². The zero-order valence-corrected chi connectivity index (χ0v) is 26.0. The molecule has 2 aliphatic rings. The van der Waals surface area contributed by atoms with Crippen molar-refractivity contribution in [2.24, 2.45) is 5.41 Å². The van der Waals surface area contributed by atoms with E-state index < -0.39 is 14.6 Å². The Morgan fingerprint density at radius 3 is 1.90 bits per heavy atom. The summed E-state index contributed by atoms with van der Waals surface area (Å²) in [5, 5.41) is 13.9. The maximum Gasteiger partial charge on any atom is 0.205 e. The molecular weight excluding hydrogens is 543 g/mol. The number of aliphatic hydroxyl groups is 1. The van der Waals surface area contributed by atoms with Crippen LogP contribution in [0.1, 0.15) is 81.0 Å². The summed E-state index contributed by atoms with van der Waals surface area (Å²) >= 11 is 13.6. The van der Waals surface area contributed by atoms with Crippen LogP contribution in [0.15, 0.2) is 66.9 Å². The van der Waals surface area contributed by atoms with Crippen molar-refractivity contribution in [1.82, 2.24) is 9.88 Å². The zero-order chi connectivity index (χ0) is 27.9. The number of halogens is 2. The Balaban J connectivity index is 1.55. The van der Waals surface area contributed by atoms with Crippen LogP contribution in [0.3, 0.4) is 0 Å². The van der Waals surface area contributed by atoms with Crippen molar-refractivity contribution in [2.45, 2.75) is 89.4 Å². The van der Waals surface area contributed by atoms with Crippen LogP contribution in [0.25, 0.3) is 0 Å². The highest BCUT2D eigenvalue weighted by Crippen LogP contribution is 2.53. The highest BCUT2D eigenvalue weighted by molar-refractivity contribution is 6.48. The second kappa shape index (κ2) is 11.3. The molecule has 1 radical (unpaired) electrons. The fraction of sp³-hybridized carbons (Fsp3) is 0.469. The van der Waals surface area contributed by atoms with Crippen LogP contribution in [0.5, 0.6) is 0 Å². The molecule has 2 aromatic carbocycles. The molecule has 0 aliphatic carbocycles. The number of fused-ring (bicyclic) bond motifs is 2. The molecule has 1 aromatic heterocycles. The van der Waals surface area contributed by atoms with Gasteiger partial charge in [0.2, 0.25) is 9.04 Å². The predicted molar refractivity (Wildman–Crippen MR) is 162 cm³/mol. The third kappa shape index (κ3) is 5.72. The predicted octanol–water partition coefficient (Wildman–Crippen LogP) is 8.35. The van der Waals surface area contributed by atoms with Gasteiger partial charge in [0.25, 0.3) is 0 Å². The normalized spacial score (nSPS) is 24.5. The molecule has 5 rings (SSSR count). The van der Waals surface area contributed by atoms with Crippen molar-refractivity contribution in [3.05, 3.63) is 99.3 Å². The SMILES string of the molecule is C[Si](C)OC(c1cccnc1C1(O)CC2CCC(C1)N2C(c1ccccc1Cl)c1ccccc1Cl)C(C)(C)C. The zero-order valence-electron chi connectivity index (χ0n) is 23.5. The molecule has 39 heavy (non-hydrogen) atoms. The first-order valence-corrected chi connectivity index (χ1v) is 17.1. The standard InChI is InChI=1S/C32H39Cl2N2O2Si/c1-31(2,3)30(38-39(4)5)25-13-10-18-35-29(25)32(37)19-21-16-17-22(20-32)36(21)28(23-11-6-8-14-26(23)33)24-12-7-9-15-27(24)34/h6-15,18,21-22,28,30,37H,16-17,19-20H2,1-5H3. The van der Waals surface area contributed by atoms with Crippen LogP contribution in [0.2, 0.25) is 23.1 Å². The molecule has 2 saturated heterocycles. The number of hydrogen-bond donors (Lipinski definition) is 1. The Morgan fingerprint density at radius 1 is 0.897 bits per heavy atom. The van der Waals surface area contributed by atoms with Gasteiger partial charge in [-0.15, -0.1) is 0 Å². The molecule has 3 unspecified atom stereocenters. The van der Waals surface area contributed by atoms with Crippen molar-refractivity contribution in [3.63, 3.8) is 0 Å². The first-order chi connectivity index (χ1) is 18.5. The fourth-order valence-corrected chi connectivity index (χ4v) is 8.15. The van der Waals surface area contributed by atoms with E-state index in [1.165, 1.54) is 0 Å². The third-order valence-electron chi connectivity index (χ3n) is 8.22. The van der Waals surface area contributed by atoms with Gasteiger partial charge >= 0.3 is 0 Å². The molecule has 3 aromatic rings. The topological polar surface area (TPSA) is 45.6 Å². The molecule has 2 aliphatic heterocycles. The molecule has 0 amide bonds. The minimum absolute atomic E-state index is 0.0892. The average Bonchev–Trinajstić information content (AvgIpc) is 3.14. The van der Waals surface area contributed by atoms with E-state index in [0.717, 1.165) is 45.3 Å². The maximum absolute atomic E-state index is 12.4. The first-order valence-electron chi connectivity index (χ1n) is 13.9. The van der Waals surface area contributed by atoms with Gasteiger partial charge in [0.15, 0.2) is 0 Å². The lowest BCUT2D eigenvalue weighted by Crippen LogP contribution is -2.52. The van der Waals surface area contributed by atoms with Crippen molar-refractivity contribution < 1.29 is 9.53 Å². The van der Waals surface area contributed by atoms with E-state index in [1.54, 1.807) is 0 Å². The number of piperidine rings is 1. The molecule has 1 N–H and O–H groups in total. The third-order valence-corrected chi connectivity index (χ3v) is 9.62. The van der Waals surface area contributed by atoms with E-state index >= 15 is 0 Å². The Morgan fingerprint density at radius 2 is 1.41 bits per heavy atom. The molecule has 4 nitrogen and oxygen atoms in total. The van der Waals surface area contributed by atoms with Gasteiger partial charge in [-0.05, 0) is 73.5 Å². The molecule has 3 atom stereocenters. The van der Waals surface area contributed by atoms with Crippen LogP contribution < -0.4 is 0 Å². The number of hydrogen-bond acceptors (Lipinski definition) is 4. The summed E-state index contributed by atoms with van der Waals surface area (Å²) in [4.78, 5) is 7.41. The Hall–Kier alpha value is -1.73. The van der Waals surface area contributed by atoms with Gasteiger partial charge in [0.05, 0.1) is 17.8 Å². The molecule has 2 fully saturated rings. The molecule has 207 valence electrons. The van der Waals surface area contributed by atoms with Crippen molar-refractivity contribution in [3.8, 4) is 0 Å². The Kier molecular flexibility index (Phi) is 8.32. The van der Waals surface area contributed by atoms with E-state index in [0.29, 0.717) is 12.8 Å². The lowest BCUT2D eigenvalue weighted by Gasteiger charge is -2.48. The minimum Gasteiger partial charge on any atom is -0.410 e. The van der Waals surface area contributed by atoms with Crippen molar-refractivity contribution in [1.29, 1.82) is 0 Å². The average molecular weight is 583 g/mol. The molecule has 3 heterocycles. The van der Waals surface area contributed by atoms with Gasteiger partial charge < -0.3 is 9.53 Å². The summed E-state index contributed by atoms with van der Waals surface area (Å²) in [7, 11) is -0.969. The lowest BCUT2D eigenvalue weighted by atomic mass is 9.76. The molecule has 0 saturated carbocycles. The number of pyridine rings is 1. The summed E-state index contributed by atoms with van der Waals surface area (Å²) in [6.07, 6.45) is 4.90. The van der Waals surface area contributed by atoms with Gasteiger partial charge in [0, 0.05) is 33.9 Å². The summed E-state index contributed by atoms with van der Waals surface area (Å²) in [5.41, 5.74) is 2.72.